The van der Waals surface area contributed by atoms with E-state index in [4.69, 9.17) is 4.74 Å². The van der Waals surface area contributed by atoms with Crippen molar-refractivity contribution >= 4 is 29.2 Å². The normalized spacial score (nSPS) is 10.5. The number of carbonyl (C=O) groups excluding carboxylic acids is 3. The molecule has 0 heterocycles. The van der Waals surface area contributed by atoms with Gasteiger partial charge in [-0.1, -0.05) is 38.1 Å². The lowest BCUT2D eigenvalue weighted by molar-refractivity contribution is -0.120. The molecule has 0 aliphatic carbocycles. The van der Waals surface area contributed by atoms with Gasteiger partial charge in [0, 0.05) is 12.6 Å². The van der Waals surface area contributed by atoms with Crippen molar-refractivity contribution in [2.24, 2.45) is 0 Å². The van der Waals surface area contributed by atoms with Crippen LogP contribution in [0.4, 0.5) is 11.4 Å². The third kappa shape index (κ3) is 5.42. The number of hydrogen-bond acceptors (Lipinski definition) is 4. The first-order chi connectivity index (χ1) is 13.3. The molecule has 0 aromatic heterocycles. The Morgan fingerprint density at radius 3 is 2.25 bits per heavy atom. The predicted octanol–water partition coefficient (Wildman–Crippen LogP) is 3.98. The van der Waals surface area contributed by atoms with Gasteiger partial charge >= 0.3 is 5.97 Å². The van der Waals surface area contributed by atoms with E-state index in [1.54, 1.807) is 31.2 Å². The van der Waals surface area contributed by atoms with Crippen LogP contribution in [0, 0.1) is 0 Å². The number of hydrogen-bond donors (Lipinski definition) is 1. The molecule has 0 fully saturated rings. The van der Waals surface area contributed by atoms with Crippen LogP contribution in [0.5, 0.6) is 0 Å². The summed E-state index contributed by atoms with van der Waals surface area (Å²) in [6.07, 6.45) is 0. The zero-order valence-electron chi connectivity index (χ0n) is 16.7. The van der Waals surface area contributed by atoms with E-state index < -0.39 is 11.9 Å². The van der Waals surface area contributed by atoms with Crippen molar-refractivity contribution in [3.63, 3.8) is 0 Å². The Kier molecular flexibility index (Phi) is 7.32. The number of ether oxygens (including phenoxy) is 1. The third-order valence-corrected chi connectivity index (χ3v) is 4.25. The highest BCUT2D eigenvalue weighted by Crippen LogP contribution is 2.21. The average molecular weight is 382 g/mol. The standard InChI is InChI=1S/C22H26N2O4/c1-5-28-22(27)19-8-6-7-9-20(19)23-21(26)14-24(16(4)25)18-12-10-17(11-13-18)15(2)3/h6-13,15H,5,14H2,1-4H3,(H,23,26). The maximum atomic E-state index is 12.6. The molecule has 2 aromatic carbocycles. The van der Waals surface area contributed by atoms with E-state index in [1.165, 1.54) is 11.8 Å². The summed E-state index contributed by atoms with van der Waals surface area (Å²) in [6, 6.07) is 14.2. The highest BCUT2D eigenvalue weighted by molar-refractivity contribution is 6.05. The summed E-state index contributed by atoms with van der Waals surface area (Å²) >= 11 is 0. The number of esters is 1. The Hall–Kier alpha value is -3.15. The number of amides is 2. The molecule has 0 saturated heterocycles. The molecule has 2 rings (SSSR count). The lowest BCUT2D eigenvalue weighted by atomic mass is 10.0. The van der Waals surface area contributed by atoms with E-state index in [9.17, 15) is 14.4 Å². The molecule has 0 bridgehead atoms. The average Bonchev–Trinajstić information content (AvgIpc) is 2.66. The number of nitrogens with one attached hydrogen (secondary N) is 1. The van der Waals surface area contributed by atoms with Crippen molar-refractivity contribution in [1.29, 1.82) is 0 Å². The molecular formula is C22H26N2O4. The van der Waals surface area contributed by atoms with Crippen molar-refractivity contribution in [3.05, 3.63) is 59.7 Å². The first-order valence-electron chi connectivity index (χ1n) is 9.27. The minimum atomic E-state index is -0.508. The Morgan fingerprint density at radius 1 is 1.04 bits per heavy atom. The van der Waals surface area contributed by atoms with Crippen LogP contribution in [0.3, 0.4) is 0 Å². The Labute approximate surface area is 165 Å². The van der Waals surface area contributed by atoms with E-state index in [2.05, 4.69) is 19.2 Å². The van der Waals surface area contributed by atoms with Gasteiger partial charge in [-0.05, 0) is 42.7 Å². The fourth-order valence-electron chi connectivity index (χ4n) is 2.74. The van der Waals surface area contributed by atoms with Crippen LogP contribution >= 0.6 is 0 Å². The zero-order valence-corrected chi connectivity index (χ0v) is 16.7. The molecule has 2 amide bonds. The van der Waals surface area contributed by atoms with Crippen LogP contribution in [0.15, 0.2) is 48.5 Å². The minimum absolute atomic E-state index is 0.159. The number of para-hydroxylation sites is 1. The number of rotatable bonds is 7. The molecule has 0 atom stereocenters. The molecule has 0 aliphatic rings. The van der Waals surface area contributed by atoms with E-state index in [0.29, 0.717) is 17.3 Å². The molecule has 148 valence electrons. The highest BCUT2D eigenvalue weighted by atomic mass is 16.5. The molecule has 0 aliphatic heterocycles. The summed E-state index contributed by atoms with van der Waals surface area (Å²) in [6.45, 7) is 7.39. The first kappa shape index (κ1) is 21.2. The van der Waals surface area contributed by atoms with E-state index >= 15 is 0 Å². The second-order valence-corrected chi connectivity index (χ2v) is 6.67. The monoisotopic (exact) mass is 382 g/mol. The molecule has 0 saturated carbocycles. The summed E-state index contributed by atoms with van der Waals surface area (Å²) in [4.78, 5) is 38.1. The van der Waals surface area contributed by atoms with E-state index in [1.807, 2.05) is 24.3 Å². The zero-order chi connectivity index (χ0) is 20.7. The van der Waals surface area contributed by atoms with Gasteiger partial charge in [-0.25, -0.2) is 4.79 Å². The molecule has 6 nitrogen and oxygen atoms in total. The minimum Gasteiger partial charge on any atom is -0.462 e. The van der Waals surface area contributed by atoms with Gasteiger partial charge in [0.2, 0.25) is 11.8 Å². The smallest absolute Gasteiger partial charge is 0.340 e. The van der Waals surface area contributed by atoms with Gasteiger partial charge < -0.3 is 15.0 Å². The summed E-state index contributed by atoms with van der Waals surface area (Å²) in [5.74, 6) is -0.778. The summed E-state index contributed by atoms with van der Waals surface area (Å²) < 4.78 is 5.01. The molecule has 0 unspecified atom stereocenters. The molecule has 6 heteroatoms. The van der Waals surface area contributed by atoms with Gasteiger partial charge in [0.25, 0.3) is 0 Å². The van der Waals surface area contributed by atoms with Crippen molar-refractivity contribution in [3.8, 4) is 0 Å². The van der Waals surface area contributed by atoms with Crippen molar-refractivity contribution in [2.75, 3.05) is 23.4 Å². The van der Waals surface area contributed by atoms with Crippen molar-refractivity contribution < 1.29 is 19.1 Å². The van der Waals surface area contributed by atoms with Crippen LogP contribution in [-0.4, -0.2) is 30.9 Å². The fraction of sp³-hybridized carbons (Fsp3) is 0.318. The second kappa shape index (κ2) is 9.69. The van der Waals surface area contributed by atoms with Gasteiger partial charge in [-0.15, -0.1) is 0 Å². The quantitative estimate of drug-likeness (QED) is 0.735. The van der Waals surface area contributed by atoms with Crippen molar-refractivity contribution in [1.82, 2.24) is 0 Å². The SMILES string of the molecule is CCOC(=O)c1ccccc1NC(=O)CN(C(C)=O)c1ccc(C(C)C)cc1. The Bertz CT molecular complexity index is 844. The van der Waals surface area contributed by atoms with Crippen LogP contribution < -0.4 is 10.2 Å². The predicted molar refractivity (Wildman–Crippen MR) is 110 cm³/mol. The fourth-order valence-corrected chi connectivity index (χ4v) is 2.74. The number of benzene rings is 2. The molecule has 0 spiro atoms. The first-order valence-corrected chi connectivity index (χ1v) is 9.27. The molecule has 0 radical (unpaired) electrons. The lowest BCUT2D eigenvalue weighted by Gasteiger charge is -2.21. The third-order valence-electron chi connectivity index (χ3n) is 4.25. The molecule has 28 heavy (non-hydrogen) atoms. The van der Waals surface area contributed by atoms with Gasteiger partial charge in [-0.3, -0.25) is 9.59 Å². The molecule has 2 aromatic rings. The van der Waals surface area contributed by atoms with Crippen LogP contribution in [0.2, 0.25) is 0 Å². The Balaban J connectivity index is 2.16. The molecular weight excluding hydrogens is 356 g/mol. The summed E-state index contributed by atoms with van der Waals surface area (Å²) in [5, 5.41) is 2.70. The number of carbonyl (C=O) groups is 3. The van der Waals surface area contributed by atoms with E-state index in [0.717, 1.165) is 5.56 Å². The number of nitrogens with zero attached hydrogens (tertiary/aromatic N) is 1. The van der Waals surface area contributed by atoms with Gasteiger partial charge in [0.05, 0.1) is 17.9 Å². The van der Waals surface area contributed by atoms with Gasteiger partial charge in [0.1, 0.15) is 6.54 Å². The summed E-state index contributed by atoms with van der Waals surface area (Å²) in [7, 11) is 0. The van der Waals surface area contributed by atoms with Crippen LogP contribution in [0.1, 0.15) is 49.5 Å². The van der Waals surface area contributed by atoms with Crippen molar-refractivity contribution in [2.45, 2.75) is 33.6 Å². The van der Waals surface area contributed by atoms with Gasteiger partial charge in [0.15, 0.2) is 0 Å². The topological polar surface area (TPSA) is 75.7 Å². The van der Waals surface area contributed by atoms with Crippen LogP contribution in [0.25, 0.3) is 0 Å². The molecule has 1 N–H and O–H groups in total. The Morgan fingerprint density at radius 2 is 1.68 bits per heavy atom. The van der Waals surface area contributed by atoms with Gasteiger partial charge in [-0.2, -0.15) is 0 Å². The van der Waals surface area contributed by atoms with Crippen LogP contribution in [-0.2, 0) is 14.3 Å². The second-order valence-electron chi connectivity index (χ2n) is 6.67. The lowest BCUT2D eigenvalue weighted by Crippen LogP contribution is -2.36. The van der Waals surface area contributed by atoms with E-state index in [-0.39, 0.29) is 24.6 Å². The summed E-state index contributed by atoms with van der Waals surface area (Å²) in [5.41, 5.74) is 2.42. The highest BCUT2D eigenvalue weighted by Gasteiger charge is 2.18. The number of anilines is 2. The largest absolute Gasteiger partial charge is 0.462 e. The maximum absolute atomic E-state index is 12.6. The maximum Gasteiger partial charge on any atom is 0.340 e.